The average Bonchev–Trinajstić information content (AvgIpc) is 3.32. The number of anilines is 1. The molecule has 3 aromatic rings. The van der Waals surface area contributed by atoms with Crippen LogP contribution in [-0.2, 0) is 4.79 Å². The van der Waals surface area contributed by atoms with Gasteiger partial charge >= 0.3 is 6.03 Å². The number of carbonyl (C=O) groups is 2. The fourth-order valence-electron chi connectivity index (χ4n) is 3.77. The van der Waals surface area contributed by atoms with E-state index in [9.17, 15) is 14.0 Å². The predicted molar refractivity (Wildman–Crippen MR) is 124 cm³/mol. The van der Waals surface area contributed by atoms with E-state index >= 15 is 0 Å². The molecule has 0 radical (unpaired) electrons. The molecule has 9 nitrogen and oxygen atoms in total. The van der Waals surface area contributed by atoms with Gasteiger partial charge in [0.25, 0.3) is 0 Å². The zero-order chi connectivity index (χ0) is 23.9. The van der Waals surface area contributed by atoms with Gasteiger partial charge in [-0.1, -0.05) is 23.4 Å². The van der Waals surface area contributed by atoms with Crippen LogP contribution in [0, 0.1) is 5.82 Å². The number of amides is 3. The van der Waals surface area contributed by atoms with E-state index in [1.165, 1.54) is 12.1 Å². The van der Waals surface area contributed by atoms with E-state index in [1.807, 2.05) is 30.3 Å². The summed E-state index contributed by atoms with van der Waals surface area (Å²) < 4.78 is 18.3. The molecular weight excluding hydrogens is 439 g/mol. The van der Waals surface area contributed by atoms with Gasteiger partial charge in [0.15, 0.2) is 0 Å². The highest BCUT2D eigenvalue weighted by atomic mass is 19.1. The minimum atomic E-state index is -0.497. The van der Waals surface area contributed by atoms with E-state index in [0.29, 0.717) is 31.0 Å². The molecule has 178 valence electrons. The molecule has 0 spiro atoms. The van der Waals surface area contributed by atoms with Crippen LogP contribution in [0.4, 0.5) is 14.9 Å². The minimum Gasteiger partial charge on any atom is -0.337 e. The van der Waals surface area contributed by atoms with Crippen LogP contribution in [0.5, 0.6) is 0 Å². The van der Waals surface area contributed by atoms with Crippen LogP contribution in [0.15, 0.2) is 59.1 Å². The minimum absolute atomic E-state index is 0.0121. The number of benzene rings is 2. The molecule has 0 saturated carbocycles. The van der Waals surface area contributed by atoms with Crippen LogP contribution in [-0.4, -0.2) is 52.7 Å². The fraction of sp³-hybridized carbons (Fsp3) is 0.333. The van der Waals surface area contributed by atoms with Crippen molar-refractivity contribution in [3.8, 4) is 11.4 Å². The van der Waals surface area contributed by atoms with Gasteiger partial charge in [0.2, 0.25) is 17.6 Å². The van der Waals surface area contributed by atoms with Gasteiger partial charge in [0, 0.05) is 30.4 Å². The molecule has 1 fully saturated rings. The Hall–Kier alpha value is -3.79. The highest BCUT2D eigenvalue weighted by molar-refractivity contribution is 5.92. The van der Waals surface area contributed by atoms with Crippen molar-refractivity contribution in [2.75, 3.05) is 25.0 Å². The Morgan fingerprint density at radius 2 is 1.82 bits per heavy atom. The van der Waals surface area contributed by atoms with Crippen molar-refractivity contribution in [3.05, 3.63) is 66.3 Å². The van der Waals surface area contributed by atoms with Gasteiger partial charge in [-0.2, -0.15) is 4.98 Å². The van der Waals surface area contributed by atoms with Crippen LogP contribution in [0.3, 0.4) is 0 Å². The van der Waals surface area contributed by atoms with Crippen molar-refractivity contribution in [1.29, 1.82) is 0 Å². The molecule has 10 heteroatoms. The van der Waals surface area contributed by atoms with E-state index in [4.69, 9.17) is 4.52 Å². The Kier molecular flexibility index (Phi) is 7.48. The number of aromatic nitrogens is 2. The largest absolute Gasteiger partial charge is 0.337 e. The van der Waals surface area contributed by atoms with Crippen LogP contribution >= 0.6 is 0 Å². The maximum Gasteiger partial charge on any atom is 0.315 e. The van der Waals surface area contributed by atoms with Crippen molar-refractivity contribution in [2.24, 2.45) is 0 Å². The van der Waals surface area contributed by atoms with Crippen LogP contribution in [0.25, 0.3) is 11.4 Å². The third kappa shape index (κ3) is 6.38. The van der Waals surface area contributed by atoms with E-state index in [1.54, 1.807) is 19.1 Å². The molecule has 1 aliphatic rings. The number of rotatable bonds is 7. The summed E-state index contributed by atoms with van der Waals surface area (Å²) in [6.07, 6.45) is 1.49. The molecule has 1 saturated heterocycles. The summed E-state index contributed by atoms with van der Waals surface area (Å²) >= 11 is 0. The first-order chi connectivity index (χ1) is 16.5. The van der Waals surface area contributed by atoms with Crippen molar-refractivity contribution in [2.45, 2.75) is 31.8 Å². The average molecular weight is 467 g/mol. The lowest BCUT2D eigenvalue weighted by Crippen LogP contribution is -2.49. The SMILES string of the molecule is C[C@@H](NC(=O)NC1CCN(CC(=O)Nc2ccccc2)CC1)c1nc(-c2ccc(F)cc2)no1. The summed E-state index contributed by atoms with van der Waals surface area (Å²) in [6.45, 7) is 3.49. The normalized spacial score (nSPS) is 15.5. The van der Waals surface area contributed by atoms with Crippen molar-refractivity contribution < 1.29 is 18.5 Å². The molecule has 2 aromatic carbocycles. The summed E-state index contributed by atoms with van der Waals surface area (Å²) in [6, 6.07) is 14.3. The Bertz CT molecular complexity index is 1100. The lowest BCUT2D eigenvalue weighted by Gasteiger charge is -2.32. The molecule has 0 unspecified atom stereocenters. The van der Waals surface area contributed by atoms with Gasteiger partial charge in [-0.25, -0.2) is 9.18 Å². The maximum atomic E-state index is 13.1. The van der Waals surface area contributed by atoms with Gasteiger partial charge in [0.05, 0.1) is 6.54 Å². The standard InChI is InChI=1S/C24H27FN6O3/c1-16(23-29-22(30-34-23)17-7-9-18(25)10-8-17)26-24(33)28-20-11-13-31(14-12-20)15-21(32)27-19-5-3-2-4-6-19/h2-10,16,20H,11-15H2,1H3,(H,27,32)(H2,26,28,33)/t16-/m1/s1. The number of urea groups is 1. The second-order valence-corrected chi connectivity index (χ2v) is 8.27. The molecule has 3 N–H and O–H groups in total. The lowest BCUT2D eigenvalue weighted by molar-refractivity contribution is -0.117. The van der Waals surface area contributed by atoms with E-state index in [-0.39, 0.29) is 29.7 Å². The summed E-state index contributed by atoms with van der Waals surface area (Å²) in [4.78, 5) is 31.0. The zero-order valence-corrected chi connectivity index (χ0v) is 18.8. The lowest BCUT2D eigenvalue weighted by atomic mass is 10.1. The van der Waals surface area contributed by atoms with Crippen molar-refractivity contribution in [1.82, 2.24) is 25.7 Å². The number of carbonyl (C=O) groups excluding carboxylic acids is 2. The third-order valence-electron chi connectivity index (χ3n) is 5.61. The van der Waals surface area contributed by atoms with Gasteiger partial charge in [-0.15, -0.1) is 0 Å². The highest BCUT2D eigenvalue weighted by Gasteiger charge is 2.24. The van der Waals surface area contributed by atoms with Crippen molar-refractivity contribution in [3.63, 3.8) is 0 Å². The molecule has 34 heavy (non-hydrogen) atoms. The Morgan fingerprint density at radius 1 is 1.12 bits per heavy atom. The number of hydrogen-bond donors (Lipinski definition) is 3. The molecule has 1 atom stereocenters. The zero-order valence-electron chi connectivity index (χ0n) is 18.8. The van der Waals surface area contributed by atoms with Gasteiger partial charge in [0.1, 0.15) is 11.9 Å². The van der Waals surface area contributed by atoms with Gasteiger partial charge in [-0.3, -0.25) is 9.69 Å². The topological polar surface area (TPSA) is 112 Å². The van der Waals surface area contributed by atoms with Crippen LogP contribution in [0.2, 0.25) is 0 Å². The first kappa shape index (κ1) is 23.4. The Balaban J connectivity index is 1.19. The molecular formula is C24H27FN6O3. The van der Waals surface area contributed by atoms with Gasteiger partial charge in [-0.05, 0) is 56.2 Å². The second-order valence-electron chi connectivity index (χ2n) is 8.27. The molecule has 1 aromatic heterocycles. The van der Waals surface area contributed by atoms with E-state index < -0.39 is 6.04 Å². The van der Waals surface area contributed by atoms with Crippen LogP contribution < -0.4 is 16.0 Å². The van der Waals surface area contributed by atoms with Crippen LogP contribution in [0.1, 0.15) is 31.7 Å². The molecule has 1 aliphatic heterocycles. The third-order valence-corrected chi connectivity index (χ3v) is 5.61. The molecule has 2 heterocycles. The number of piperidine rings is 1. The maximum absolute atomic E-state index is 13.1. The molecule has 0 bridgehead atoms. The molecule has 3 amide bonds. The monoisotopic (exact) mass is 466 g/mol. The quantitative estimate of drug-likeness (QED) is 0.492. The molecule has 0 aliphatic carbocycles. The predicted octanol–water partition coefficient (Wildman–Crippen LogP) is 3.34. The summed E-state index contributed by atoms with van der Waals surface area (Å²) in [5.41, 5.74) is 1.40. The number of hydrogen-bond acceptors (Lipinski definition) is 6. The Labute approximate surface area is 196 Å². The summed E-state index contributed by atoms with van der Waals surface area (Å²) in [5.74, 6) is 0.186. The first-order valence-corrected chi connectivity index (χ1v) is 11.2. The number of halogens is 1. The molecule has 4 rings (SSSR count). The number of nitrogens with zero attached hydrogens (tertiary/aromatic N) is 3. The fourth-order valence-corrected chi connectivity index (χ4v) is 3.77. The first-order valence-electron chi connectivity index (χ1n) is 11.2. The summed E-state index contributed by atoms with van der Waals surface area (Å²) in [5, 5.41) is 12.6. The van der Waals surface area contributed by atoms with Crippen molar-refractivity contribution >= 4 is 17.6 Å². The van der Waals surface area contributed by atoms with E-state index in [2.05, 4.69) is 31.0 Å². The van der Waals surface area contributed by atoms with Gasteiger partial charge < -0.3 is 20.5 Å². The highest BCUT2D eigenvalue weighted by Crippen LogP contribution is 2.19. The van der Waals surface area contributed by atoms with E-state index in [0.717, 1.165) is 18.5 Å². The number of likely N-dealkylation sites (tertiary alicyclic amines) is 1. The summed E-state index contributed by atoms with van der Waals surface area (Å²) in [7, 11) is 0. The number of para-hydroxylation sites is 1. The smallest absolute Gasteiger partial charge is 0.315 e. The number of nitrogens with one attached hydrogen (secondary N) is 3. The Morgan fingerprint density at radius 3 is 2.53 bits per heavy atom. The second kappa shape index (κ2) is 10.9.